The summed E-state index contributed by atoms with van der Waals surface area (Å²) in [6.07, 6.45) is 0. The van der Waals surface area contributed by atoms with Gasteiger partial charge in [0.15, 0.2) is 11.6 Å². The fourth-order valence-corrected chi connectivity index (χ4v) is 1.78. The molecular formula is C14H19FN2O5. The van der Waals surface area contributed by atoms with Crippen LogP contribution in [0, 0.1) is 5.82 Å². The fraction of sp³-hybridized carbons (Fsp3) is 0.429. The normalized spacial score (nSPS) is 14.6. The molecule has 1 aliphatic rings. The molecule has 0 bridgehead atoms. The highest BCUT2D eigenvalue weighted by atomic mass is 19.1. The Bertz CT molecular complexity index is 480. The standard InChI is InChI=1S/C12H17FN2O.C2H2O4/c13-11-3-1-2-4-12(11)16-10-9-15-7-5-14-6-8-15;3-1(4)2(5)6/h1-4,14H,5-10H2;(H,3,4)(H,5,6). The zero-order valence-corrected chi connectivity index (χ0v) is 12.0. The molecule has 1 aromatic rings. The predicted molar refractivity (Wildman–Crippen MR) is 76.5 cm³/mol. The molecule has 0 saturated carbocycles. The molecule has 0 aliphatic carbocycles. The average molecular weight is 314 g/mol. The van der Waals surface area contributed by atoms with E-state index in [1.54, 1.807) is 18.2 Å². The van der Waals surface area contributed by atoms with Crippen molar-refractivity contribution in [2.24, 2.45) is 0 Å². The van der Waals surface area contributed by atoms with Gasteiger partial charge in [-0.25, -0.2) is 14.0 Å². The average Bonchev–Trinajstić information content (AvgIpc) is 2.51. The minimum Gasteiger partial charge on any atom is -0.489 e. The first-order chi connectivity index (χ1) is 10.5. The molecule has 1 aromatic carbocycles. The van der Waals surface area contributed by atoms with Gasteiger partial charge in [-0.05, 0) is 12.1 Å². The van der Waals surface area contributed by atoms with Crippen LogP contribution in [0.3, 0.4) is 0 Å². The maximum absolute atomic E-state index is 13.2. The Hall–Kier alpha value is -2.19. The zero-order chi connectivity index (χ0) is 16.4. The van der Waals surface area contributed by atoms with Gasteiger partial charge in [0, 0.05) is 32.7 Å². The number of nitrogens with zero attached hydrogens (tertiary/aromatic N) is 1. The summed E-state index contributed by atoms with van der Waals surface area (Å²) in [6.45, 7) is 5.54. The number of carboxylic acids is 2. The number of carbonyl (C=O) groups is 2. The number of hydrogen-bond acceptors (Lipinski definition) is 5. The van der Waals surface area contributed by atoms with Crippen molar-refractivity contribution in [1.82, 2.24) is 10.2 Å². The lowest BCUT2D eigenvalue weighted by Crippen LogP contribution is -2.44. The van der Waals surface area contributed by atoms with Crippen LogP contribution in [0.5, 0.6) is 5.75 Å². The van der Waals surface area contributed by atoms with Crippen molar-refractivity contribution >= 4 is 11.9 Å². The van der Waals surface area contributed by atoms with E-state index in [0.717, 1.165) is 32.7 Å². The highest BCUT2D eigenvalue weighted by molar-refractivity contribution is 6.27. The highest BCUT2D eigenvalue weighted by Gasteiger charge is 2.09. The van der Waals surface area contributed by atoms with Crippen molar-refractivity contribution in [3.8, 4) is 5.75 Å². The summed E-state index contributed by atoms with van der Waals surface area (Å²) >= 11 is 0. The third-order valence-electron chi connectivity index (χ3n) is 2.89. The first-order valence-corrected chi connectivity index (χ1v) is 6.77. The summed E-state index contributed by atoms with van der Waals surface area (Å²) in [5, 5.41) is 18.1. The monoisotopic (exact) mass is 314 g/mol. The minimum atomic E-state index is -1.82. The quantitative estimate of drug-likeness (QED) is 0.686. The largest absolute Gasteiger partial charge is 0.489 e. The van der Waals surface area contributed by atoms with Gasteiger partial charge in [0.2, 0.25) is 0 Å². The zero-order valence-electron chi connectivity index (χ0n) is 12.0. The molecule has 0 spiro atoms. The number of ether oxygens (including phenoxy) is 1. The molecule has 0 atom stereocenters. The molecule has 2 rings (SSSR count). The fourth-order valence-electron chi connectivity index (χ4n) is 1.78. The highest BCUT2D eigenvalue weighted by Crippen LogP contribution is 2.14. The molecule has 1 fully saturated rings. The first-order valence-electron chi connectivity index (χ1n) is 6.77. The summed E-state index contributed by atoms with van der Waals surface area (Å²) in [5.74, 6) is -3.59. The van der Waals surface area contributed by atoms with Crippen molar-refractivity contribution in [3.05, 3.63) is 30.1 Å². The Labute approximate surface area is 127 Å². The molecule has 7 nitrogen and oxygen atoms in total. The number of piperazine rings is 1. The van der Waals surface area contributed by atoms with E-state index in [4.69, 9.17) is 24.5 Å². The second-order valence-corrected chi connectivity index (χ2v) is 4.48. The Kier molecular flexibility index (Phi) is 7.87. The van der Waals surface area contributed by atoms with Gasteiger partial charge < -0.3 is 20.3 Å². The number of aliphatic carboxylic acids is 2. The van der Waals surface area contributed by atoms with E-state index in [0.29, 0.717) is 12.4 Å². The first kappa shape index (κ1) is 17.9. The van der Waals surface area contributed by atoms with Gasteiger partial charge in [-0.2, -0.15) is 0 Å². The lowest BCUT2D eigenvalue weighted by Gasteiger charge is -2.26. The van der Waals surface area contributed by atoms with Crippen LogP contribution in [0.4, 0.5) is 4.39 Å². The van der Waals surface area contributed by atoms with Gasteiger partial charge >= 0.3 is 11.9 Å². The number of carboxylic acid groups (broad SMARTS) is 2. The molecule has 0 aromatic heterocycles. The van der Waals surface area contributed by atoms with E-state index in [2.05, 4.69) is 10.2 Å². The summed E-state index contributed by atoms with van der Waals surface area (Å²) in [4.78, 5) is 20.5. The number of benzene rings is 1. The van der Waals surface area contributed by atoms with Crippen LogP contribution in [0.25, 0.3) is 0 Å². The number of halogens is 1. The Morgan fingerprint density at radius 3 is 2.32 bits per heavy atom. The molecule has 0 amide bonds. The summed E-state index contributed by atoms with van der Waals surface area (Å²) in [6, 6.07) is 6.52. The van der Waals surface area contributed by atoms with Crippen LogP contribution in [-0.4, -0.2) is 66.4 Å². The third-order valence-corrected chi connectivity index (χ3v) is 2.89. The van der Waals surface area contributed by atoms with Gasteiger partial charge in [-0.15, -0.1) is 0 Å². The maximum Gasteiger partial charge on any atom is 0.414 e. The Morgan fingerprint density at radius 2 is 1.77 bits per heavy atom. The minimum absolute atomic E-state index is 0.289. The van der Waals surface area contributed by atoms with Gasteiger partial charge in [-0.1, -0.05) is 12.1 Å². The predicted octanol–water partition coefficient (Wildman–Crippen LogP) is 0.265. The second-order valence-electron chi connectivity index (χ2n) is 4.48. The van der Waals surface area contributed by atoms with Crippen molar-refractivity contribution in [2.45, 2.75) is 0 Å². The van der Waals surface area contributed by atoms with Crippen molar-refractivity contribution in [3.63, 3.8) is 0 Å². The number of para-hydroxylation sites is 1. The summed E-state index contributed by atoms with van der Waals surface area (Å²) in [7, 11) is 0. The molecule has 0 radical (unpaired) electrons. The third kappa shape index (κ3) is 7.00. The topological polar surface area (TPSA) is 99.1 Å². The van der Waals surface area contributed by atoms with Gasteiger partial charge in [0.1, 0.15) is 6.61 Å². The Balaban J connectivity index is 0.000000346. The molecule has 8 heteroatoms. The summed E-state index contributed by atoms with van der Waals surface area (Å²) < 4.78 is 18.6. The molecule has 122 valence electrons. The molecule has 3 N–H and O–H groups in total. The van der Waals surface area contributed by atoms with Crippen molar-refractivity contribution < 1.29 is 28.9 Å². The van der Waals surface area contributed by atoms with E-state index in [-0.39, 0.29) is 5.82 Å². The van der Waals surface area contributed by atoms with Gasteiger partial charge in [0.05, 0.1) is 0 Å². The van der Waals surface area contributed by atoms with E-state index in [9.17, 15) is 4.39 Å². The summed E-state index contributed by atoms with van der Waals surface area (Å²) in [5.41, 5.74) is 0. The maximum atomic E-state index is 13.2. The lowest BCUT2D eigenvalue weighted by atomic mass is 10.3. The number of hydrogen-bond donors (Lipinski definition) is 3. The number of rotatable bonds is 4. The van der Waals surface area contributed by atoms with Crippen LogP contribution in [-0.2, 0) is 9.59 Å². The van der Waals surface area contributed by atoms with Crippen LogP contribution in [0.15, 0.2) is 24.3 Å². The SMILES string of the molecule is Fc1ccccc1OCCN1CCNCC1.O=C(O)C(=O)O. The smallest absolute Gasteiger partial charge is 0.414 e. The van der Waals surface area contributed by atoms with E-state index in [1.807, 2.05) is 0 Å². The second kappa shape index (κ2) is 9.69. The molecular weight excluding hydrogens is 295 g/mol. The Morgan fingerprint density at radius 1 is 1.18 bits per heavy atom. The van der Waals surface area contributed by atoms with E-state index < -0.39 is 11.9 Å². The molecule has 1 aliphatic heterocycles. The number of nitrogens with one attached hydrogen (secondary N) is 1. The van der Waals surface area contributed by atoms with Crippen LogP contribution >= 0.6 is 0 Å². The van der Waals surface area contributed by atoms with Crippen molar-refractivity contribution in [1.29, 1.82) is 0 Å². The van der Waals surface area contributed by atoms with E-state index >= 15 is 0 Å². The van der Waals surface area contributed by atoms with E-state index in [1.165, 1.54) is 6.07 Å². The van der Waals surface area contributed by atoms with Crippen LogP contribution in [0.2, 0.25) is 0 Å². The molecule has 22 heavy (non-hydrogen) atoms. The molecule has 1 heterocycles. The lowest BCUT2D eigenvalue weighted by molar-refractivity contribution is -0.159. The van der Waals surface area contributed by atoms with Crippen molar-refractivity contribution in [2.75, 3.05) is 39.3 Å². The molecule has 0 unspecified atom stereocenters. The van der Waals surface area contributed by atoms with Crippen LogP contribution in [0.1, 0.15) is 0 Å². The van der Waals surface area contributed by atoms with Crippen LogP contribution < -0.4 is 10.1 Å². The molecule has 1 saturated heterocycles. The van der Waals surface area contributed by atoms with Gasteiger partial charge in [0.25, 0.3) is 0 Å². The van der Waals surface area contributed by atoms with Gasteiger partial charge in [-0.3, -0.25) is 4.90 Å².